The van der Waals surface area contributed by atoms with Crippen LogP contribution in [-0.2, 0) is 12.8 Å². The van der Waals surface area contributed by atoms with Crippen molar-refractivity contribution >= 4 is 6.09 Å². The van der Waals surface area contributed by atoms with E-state index in [1.807, 2.05) is 36.5 Å². The summed E-state index contributed by atoms with van der Waals surface area (Å²) in [5, 5.41) is 24.4. The molecule has 0 bridgehead atoms. The van der Waals surface area contributed by atoms with E-state index in [0.29, 0.717) is 12.3 Å². The molecule has 3 N–H and O–H groups in total. The Bertz CT molecular complexity index is 1020. The molecule has 7 heteroatoms. The number of nitrogens with zero attached hydrogens (tertiary/aromatic N) is 2. The second kappa shape index (κ2) is 10.2. The van der Waals surface area contributed by atoms with Crippen molar-refractivity contribution < 1.29 is 19.7 Å². The smallest absolute Gasteiger partial charge is 0.407 e. The fraction of sp³-hybridized carbons (Fsp3) is 0.571. The summed E-state index contributed by atoms with van der Waals surface area (Å²) in [5.41, 5.74) is 3.15. The minimum atomic E-state index is -1.05. The molecule has 4 rings (SSSR count). The standard InChI is InChI=1S/C28H39N3O4/c1-27(2,3)15-20-13-21-22(16-28(11-8-12-28)35-25(21)30-17-20)29-18-24(32)23(31(4)26(33)34)14-19-9-6-5-7-10-19/h5-7,9-10,13,17,22-24,29,32H,8,11-12,14-16,18H2,1-4H3,(H,33,34)/t22-,23-,24-/m0/s1. The van der Waals surface area contributed by atoms with Crippen LogP contribution < -0.4 is 10.1 Å². The molecule has 3 atom stereocenters. The van der Waals surface area contributed by atoms with Crippen molar-refractivity contribution in [2.45, 2.75) is 83.1 Å². The zero-order chi connectivity index (χ0) is 25.2. The van der Waals surface area contributed by atoms with Crippen molar-refractivity contribution in [2.75, 3.05) is 13.6 Å². The molecule has 1 saturated carbocycles. The Morgan fingerprint density at radius 3 is 2.57 bits per heavy atom. The van der Waals surface area contributed by atoms with E-state index in [2.05, 4.69) is 37.1 Å². The van der Waals surface area contributed by atoms with Crippen LogP contribution in [0.1, 0.15) is 69.2 Å². The highest BCUT2D eigenvalue weighted by molar-refractivity contribution is 5.65. The maximum atomic E-state index is 11.8. The average Bonchev–Trinajstić information content (AvgIpc) is 2.78. The summed E-state index contributed by atoms with van der Waals surface area (Å²) >= 11 is 0. The van der Waals surface area contributed by atoms with Crippen LogP contribution in [0.3, 0.4) is 0 Å². The molecule has 1 spiro atoms. The van der Waals surface area contributed by atoms with Gasteiger partial charge in [-0.05, 0) is 54.7 Å². The third-order valence-electron chi connectivity index (χ3n) is 7.30. The fourth-order valence-corrected chi connectivity index (χ4v) is 5.27. The summed E-state index contributed by atoms with van der Waals surface area (Å²) in [7, 11) is 1.52. The lowest BCUT2D eigenvalue weighted by Crippen LogP contribution is -2.52. The number of fused-ring (bicyclic) bond motifs is 1. The summed E-state index contributed by atoms with van der Waals surface area (Å²) in [6.45, 7) is 6.91. The number of ether oxygens (including phenoxy) is 1. The predicted molar refractivity (Wildman–Crippen MR) is 136 cm³/mol. The van der Waals surface area contributed by atoms with Gasteiger partial charge in [-0.15, -0.1) is 0 Å². The number of likely N-dealkylation sites (N-methyl/N-ethyl adjacent to an activating group) is 1. The lowest BCUT2D eigenvalue weighted by atomic mass is 9.73. The van der Waals surface area contributed by atoms with E-state index >= 15 is 0 Å². The number of pyridine rings is 1. The summed E-state index contributed by atoms with van der Waals surface area (Å²) < 4.78 is 6.37. The largest absolute Gasteiger partial charge is 0.471 e. The van der Waals surface area contributed by atoms with Gasteiger partial charge in [-0.1, -0.05) is 51.1 Å². The second-order valence-corrected chi connectivity index (χ2v) is 11.5. The molecule has 0 saturated heterocycles. The number of carboxylic acid groups (broad SMARTS) is 1. The molecule has 1 aromatic carbocycles. The first-order valence-electron chi connectivity index (χ1n) is 12.6. The molecule has 1 aliphatic carbocycles. The Morgan fingerprint density at radius 1 is 1.26 bits per heavy atom. The molecule has 7 nitrogen and oxygen atoms in total. The van der Waals surface area contributed by atoms with Gasteiger partial charge in [-0.3, -0.25) is 0 Å². The molecule has 1 amide bonds. The van der Waals surface area contributed by atoms with Crippen molar-refractivity contribution in [3.8, 4) is 5.88 Å². The van der Waals surface area contributed by atoms with Crippen LogP contribution in [0.4, 0.5) is 4.79 Å². The van der Waals surface area contributed by atoms with Gasteiger partial charge in [-0.25, -0.2) is 9.78 Å². The zero-order valence-corrected chi connectivity index (χ0v) is 21.3. The molecule has 2 heterocycles. The Hall–Kier alpha value is -2.64. The maximum absolute atomic E-state index is 11.8. The van der Waals surface area contributed by atoms with Gasteiger partial charge in [0.25, 0.3) is 0 Å². The minimum Gasteiger partial charge on any atom is -0.471 e. The third-order valence-corrected chi connectivity index (χ3v) is 7.30. The fourth-order valence-electron chi connectivity index (χ4n) is 5.27. The van der Waals surface area contributed by atoms with Gasteiger partial charge < -0.3 is 25.2 Å². The Labute approximate surface area is 208 Å². The Morgan fingerprint density at radius 2 is 1.97 bits per heavy atom. The second-order valence-electron chi connectivity index (χ2n) is 11.5. The monoisotopic (exact) mass is 481 g/mol. The number of aliphatic hydroxyl groups is 1. The number of nitrogens with one attached hydrogen (secondary N) is 1. The first kappa shape index (κ1) is 25.5. The van der Waals surface area contributed by atoms with Crippen LogP contribution in [0.2, 0.25) is 0 Å². The van der Waals surface area contributed by atoms with Crippen LogP contribution in [0.5, 0.6) is 5.88 Å². The summed E-state index contributed by atoms with van der Waals surface area (Å²) in [5.74, 6) is 0.684. The van der Waals surface area contributed by atoms with Crippen molar-refractivity contribution in [1.29, 1.82) is 0 Å². The first-order valence-corrected chi connectivity index (χ1v) is 12.6. The van der Waals surface area contributed by atoms with Gasteiger partial charge in [0, 0.05) is 37.8 Å². The zero-order valence-electron chi connectivity index (χ0n) is 21.3. The van der Waals surface area contributed by atoms with Crippen LogP contribution in [0.15, 0.2) is 42.6 Å². The minimum absolute atomic E-state index is 0.00590. The molecule has 190 valence electrons. The molecular weight excluding hydrogens is 442 g/mol. The highest BCUT2D eigenvalue weighted by atomic mass is 16.5. The van der Waals surface area contributed by atoms with Gasteiger partial charge in [0.2, 0.25) is 5.88 Å². The Balaban J connectivity index is 1.52. The molecule has 2 aromatic rings. The van der Waals surface area contributed by atoms with Gasteiger partial charge >= 0.3 is 6.09 Å². The molecule has 0 radical (unpaired) electrons. The van der Waals surface area contributed by atoms with Crippen molar-refractivity contribution in [1.82, 2.24) is 15.2 Å². The van der Waals surface area contributed by atoms with Crippen LogP contribution >= 0.6 is 0 Å². The lowest BCUT2D eigenvalue weighted by molar-refractivity contribution is -0.0425. The highest BCUT2D eigenvalue weighted by Crippen LogP contribution is 2.48. The SMILES string of the molecule is CN(C(=O)O)[C@@H](Cc1ccccc1)[C@@H](O)CN[C@H]1CC2(CCC2)Oc2ncc(CC(C)(C)C)cc21. The number of benzene rings is 1. The summed E-state index contributed by atoms with van der Waals surface area (Å²) in [4.78, 5) is 17.7. The molecule has 1 fully saturated rings. The molecule has 1 aliphatic heterocycles. The average molecular weight is 482 g/mol. The van der Waals surface area contributed by atoms with Crippen molar-refractivity contribution in [3.63, 3.8) is 0 Å². The van der Waals surface area contributed by atoms with Gasteiger partial charge in [0.05, 0.1) is 12.1 Å². The van der Waals surface area contributed by atoms with Gasteiger partial charge in [0.15, 0.2) is 0 Å². The summed E-state index contributed by atoms with van der Waals surface area (Å²) in [6.07, 6.45) is 5.35. The number of rotatable bonds is 8. The molecular formula is C28H39N3O4. The van der Waals surface area contributed by atoms with Gasteiger partial charge in [-0.2, -0.15) is 0 Å². The van der Waals surface area contributed by atoms with E-state index in [4.69, 9.17) is 4.74 Å². The van der Waals surface area contributed by atoms with Crippen LogP contribution in [-0.4, -0.2) is 57.5 Å². The Kier molecular flexibility index (Phi) is 7.38. The molecule has 35 heavy (non-hydrogen) atoms. The number of carbonyl (C=O) groups is 1. The van der Waals surface area contributed by atoms with E-state index in [1.165, 1.54) is 17.5 Å². The molecule has 2 aliphatic rings. The number of hydrogen-bond donors (Lipinski definition) is 3. The van der Waals surface area contributed by atoms with Crippen molar-refractivity contribution in [2.24, 2.45) is 5.41 Å². The van der Waals surface area contributed by atoms with E-state index in [9.17, 15) is 15.0 Å². The van der Waals surface area contributed by atoms with E-state index in [1.54, 1.807) is 0 Å². The van der Waals surface area contributed by atoms with E-state index in [0.717, 1.165) is 43.2 Å². The van der Waals surface area contributed by atoms with Gasteiger partial charge in [0.1, 0.15) is 5.60 Å². The summed E-state index contributed by atoms with van der Waals surface area (Å²) in [6, 6.07) is 11.3. The normalized spacial score (nSPS) is 20.3. The van der Waals surface area contributed by atoms with E-state index < -0.39 is 18.2 Å². The molecule has 1 aromatic heterocycles. The third kappa shape index (κ3) is 6.14. The van der Waals surface area contributed by atoms with E-state index in [-0.39, 0.29) is 23.6 Å². The van der Waals surface area contributed by atoms with Crippen molar-refractivity contribution in [3.05, 3.63) is 59.3 Å². The predicted octanol–water partition coefficient (Wildman–Crippen LogP) is 4.59. The quantitative estimate of drug-likeness (QED) is 0.511. The lowest BCUT2D eigenvalue weighted by Gasteiger charge is -2.47. The topological polar surface area (TPSA) is 94.9 Å². The number of hydrogen-bond acceptors (Lipinski definition) is 5. The van der Waals surface area contributed by atoms with Crippen LogP contribution in [0.25, 0.3) is 0 Å². The molecule has 0 unspecified atom stereocenters. The highest BCUT2D eigenvalue weighted by Gasteiger charge is 2.46. The number of aliphatic hydroxyl groups excluding tert-OH is 1. The van der Waals surface area contributed by atoms with Crippen LogP contribution in [0, 0.1) is 5.41 Å². The number of amides is 1. The first-order chi connectivity index (χ1) is 16.6. The number of aromatic nitrogens is 1. The maximum Gasteiger partial charge on any atom is 0.407 e.